The number of para-hydroxylation sites is 1. The van der Waals surface area contributed by atoms with Crippen molar-refractivity contribution in [2.24, 2.45) is 4.99 Å². The molecule has 0 amide bonds. The van der Waals surface area contributed by atoms with Gasteiger partial charge < -0.3 is 9.47 Å². The largest absolute Gasteiger partial charge is 0.352 e. The summed E-state index contributed by atoms with van der Waals surface area (Å²) < 4.78 is 2.06. The van der Waals surface area contributed by atoms with E-state index in [1.165, 1.54) is 18.4 Å². The zero-order valence-corrected chi connectivity index (χ0v) is 10.7. The van der Waals surface area contributed by atoms with Gasteiger partial charge in [-0.2, -0.15) is 0 Å². The molecule has 2 aromatic rings. The van der Waals surface area contributed by atoms with Crippen LogP contribution in [0.15, 0.2) is 48.0 Å². The van der Waals surface area contributed by atoms with Crippen LogP contribution in [0.3, 0.4) is 0 Å². The molecule has 1 aromatic carbocycles. The summed E-state index contributed by atoms with van der Waals surface area (Å²) in [6.45, 7) is 2.09. The van der Waals surface area contributed by atoms with Crippen molar-refractivity contribution in [2.75, 3.05) is 13.1 Å². The quantitative estimate of drug-likeness (QED) is 0.820. The molecule has 96 valence electrons. The molecular weight excluding hydrogens is 236 g/mol. The number of amidine groups is 1. The van der Waals surface area contributed by atoms with Gasteiger partial charge in [-0.25, -0.2) is 4.98 Å². The van der Waals surface area contributed by atoms with Gasteiger partial charge in [-0.3, -0.25) is 4.99 Å². The van der Waals surface area contributed by atoms with Crippen molar-refractivity contribution in [3.8, 4) is 5.69 Å². The van der Waals surface area contributed by atoms with E-state index in [0.717, 1.165) is 24.6 Å². The summed E-state index contributed by atoms with van der Waals surface area (Å²) in [5.74, 6) is 1.16. The summed E-state index contributed by atoms with van der Waals surface area (Å²) in [6.07, 6.45) is 8.20. The van der Waals surface area contributed by atoms with Crippen molar-refractivity contribution < 1.29 is 0 Å². The first-order chi connectivity index (χ1) is 9.43. The Morgan fingerprint density at radius 3 is 3.05 bits per heavy atom. The Bertz CT molecular complexity index is 615. The van der Waals surface area contributed by atoms with Crippen LogP contribution in [0, 0.1) is 0 Å². The second-order valence-electron chi connectivity index (χ2n) is 5.14. The Morgan fingerprint density at radius 2 is 2.16 bits per heavy atom. The van der Waals surface area contributed by atoms with E-state index in [-0.39, 0.29) is 0 Å². The van der Waals surface area contributed by atoms with E-state index in [1.807, 2.05) is 18.7 Å². The van der Waals surface area contributed by atoms with Crippen molar-refractivity contribution in [1.82, 2.24) is 14.5 Å². The number of hydrogen-bond acceptors (Lipinski definition) is 3. The predicted molar refractivity (Wildman–Crippen MR) is 74.7 cm³/mol. The SMILES string of the molecule is c1ccc(-n2ccnc2)c(C2=NC[C@@H]3CCCN23)c1. The summed E-state index contributed by atoms with van der Waals surface area (Å²) in [7, 11) is 0. The lowest BCUT2D eigenvalue weighted by molar-refractivity contribution is 0.431. The molecule has 1 saturated heterocycles. The van der Waals surface area contributed by atoms with E-state index in [0.29, 0.717) is 6.04 Å². The third-order valence-electron chi connectivity index (χ3n) is 4.03. The van der Waals surface area contributed by atoms with Crippen molar-refractivity contribution in [3.05, 3.63) is 48.5 Å². The van der Waals surface area contributed by atoms with Gasteiger partial charge >= 0.3 is 0 Å². The number of aliphatic imine (C=N–C) groups is 1. The summed E-state index contributed by atoms with van der Waals surface area (Å²) in [4.78, 5) is 11.4. The van der Waals surface area contributed by atoms with Crippen LogP contribution in [0.25, 0.3) is 5.69 Å². The summed E-state index contributed by atoms with van der Waals surface area (Å²) >= 11 is 0. The van der Waals surface area contributed by atoms with E-state index < -0.39 is 0 Å². The van der Waals surface area contributed by atoms with Crippen molar-refractivity contribution in [1.29, 1.82) is 0 Å². The van der Waals surface area contributed by atoms with Gasteiger partial charge in [-0.15, -0.1) is 0 Å². The number of benzene rings is 1. The molecule has 0 aliphatic carbocycles. The van der Waals surface area contributed by atoms with E-state index >= 15 is 0 Å². The van der Waals surface area contributed by atoms with E-state index in [9.17, 15) is 0 Å². The second-order valence-corrected chi connectivity index (χ2v) is 5.14. The molecule has 3 heterocycles. The zero-order valence-electron chi connectivity index (χ0n) is 10.7. The number of imidazole rings is 1. The summed E-state index contributed by atoms with van der Waals surface area (Å²) in [5, 5.41) is 0. The maximum absolute atomic E-state index is 4.77. The number of aromatic nitrogens is 2. The standard InChI is InChI=1S/C15H16N4/c1-2-6-14(18-9-7-16-11-18)13(5-1)15-17-10-12-4-3-8-19(12)15/h1-2,5-7,9,11-12H,3-4,8,10H2/t12-/m0/s1. The molecular formula is C15H16N4. The van der Waals surface area contributed by atoms with Crippen molar-refractivity contribution in [3.63, 3.8) is 0 Å². The minimum Gasteiger partial charge on any atom is -0.352 e. The first-order valence-corrected chi connectivity index (χ1v) is 6.82. The monoisotopic (exact) mass is 252 g/mol. The fourth-order valence-electron chi connectivity index (χ4n) is 3.12. The van der Waals surface area contributed by atoms with Gasteiger partial charge in [0, 0.05) is 24.5 Å². The highest BCUT2D eigenvalue weighted by molar-refractivity contribution is 6.03. The molecule has 4 rings (SSSR count). The van der Waals surface area contributed by atoms with Gasteiger partial charge in [0.05, 0.1) is 24.6 Å². The zero-order chi connectivity index (χ0) is 12.7. The molecule has 4 nitrogen and oxygen atoms in total. The van der Waals surface area contributed by atoms with Crippen LogP contribution in [0.2, 0.25) is 0 Å². The smallest absolute Gasteiger partial charge is 0.133 e. The number of hydrogen-bond donors (Lipinski definition) is 0. The van der Waals surface area contributed by atoms with Crippen LogP contribution in [0.5, 0.6) is 0 Å². The molecule has 4 heteroatoms. The van der Waals surface area contributed by atoms with E-state index in [1.54, 1.807) is 0 Å². The van der Waals surface area contributed by atoms with Crippen LogP contribution in [-0.4, -0.2) is 39.4 Å². The Morgan fingerprint density at radius 1 is 1.21 bits per heavy atom. The molecule has 0 unspecified atom stereocenters. The molecule has 1 fully saturated rings. The molecule has 2 aliphatic rings. The number of nitrogens with zero attached hydrogens (tertiary/aromatic N) is 4. The maximum atomic E-state index is 4.77. The van der Waals surface area contributed by atoms with E-state index in [4.69, 9.17) is 4.99 Å². The number of rotatable bonds is 2. The molecule has 1 aromatic heterocycles. The fourth-order valence-corrected chi connectivity index (χ4v) is 3.12. The van der Waals surface area contributed by atoms with Crippen LogP contribution in [-0.2, 0) is 0 Å². The highest BCUT2D eigenvalue weighted by atomic mass is 15.3. The minimum atomic E-state index is 0.630. The Labute approximate surface area is 112 Å². The van der Waals surface area contributed by atoms with Crippen LogP contribution >= 0.6 is 0 Å². The summed E-state index contributed by atoms with van der Waals surface area (Å²) in [5.41, 5.74) is 2.37. The Hall–Kier alpha value is -2.10. The molecule has 1 atom stereocenters. The normalized spacial score (nSPS) is 21.6. The average Bonchev–Trinajstić information content (AvgIpc) is 3.16. The van der Waals surface area contributed by atoms with Gasteiger partial charge in [-0.05, 0) is 25.0 Å². The lowest BCUT2D eigenvalue weighted by Gasteiger charge is -2.21. The van der Waals surface area contributed by atoms with Gasteiger partial charge in [-0.1, -0.05) is 12.1 Å². The molecule has 2 aliphatic heterocycles. The molecule has 0 spiro atoms. The first kappa shape index (κ1) is 10.8. The van der Waals surface area contributed by atoms with Crippen molar-refractivity contribution >= 4 is 5.84 Å². The van der Waals surface area contributed by atoms with Crippen LogP contribution in [0.4, 0.5) is 0 Å². The molecule has 0 bridgehead atoms. The van der Waals surface area contributed by atoms with Crippen LogP contribution < -0.4 is 0 Å². The highest BCUT2D eigenvalue weighted by Gasteiger charge is 2.33. The van der Waals surface area contributed by atoms with Gasteiger partial charge in [0.15, 0.2) is 0 Å². The predicted octanol–water partition coefficient (Wildman–Crippen LogP) is 2.10. The number of fused-ring (bicyclic) bond motifs is 1. The lowest BCUT2D eigenvalue weighted by Crippen LogP contribution is -2.32. The first-order valence-electron chi connectivity index (χ1n) is 6.82. The van der Waals surface area contributed by atoms with Gasteiger partial charge in [0.1, 0.15) is 5.84 Å². The Kier molecular flexibility index (Phi) is 2.40. The summed E-state index contributed by atoms with van der Waals surface area (Å²) in [6, 6.07) is 9.07. The second kappa shape index (κ2) is 4.23. The Balaban J connectivity index is 1.80. The minimum absolute atomic E-state index is 0.630. The maximum Gasteiger partial charge on any atom is 0.133 e. The molecule has 0 radical (unpaired) electrons. The highest BCUT2D eigenvalue weighted by Crippen LogP contribution is 2.28. The molecule has 0 N–H and O–H groups in total. The van der Waals surface area contributed by atoms with Crippen molar-refractivity contribution in [2.45, 2.75) is 18.9 Å². The third-order valence-corrected chi connectivity index (χ3v) is 4.03. The van der Waals surface area contributed by atoms with Gasteiger partial charge in [0.25, 0.3) is 0 Å². The molecule has 19 heavy (non-hydrogen) atoms. The topological polar surface area (TPSA) is 33.4 Å². The third kappa shape index (κ3) is 1.67. The fraction of sp³-hybridized carbons (Fsp3) is 0.333. The molecule has 0 saturated carbocycles. The van der Waals surface area contributed by atoms with Crippen LogP contribution in [0.1, 0.15) is 18.4 Å². The van der Waals surface area contributed by atoms with E-state index in [2.05, 4.69) is 38.7 Å². The van der Waals surface area contributed by atoms with Gasteiger partial charge in [0.2, 0.25) is 0 Å². The lowest BCUT2D eigenvalue weighted by atomic mass is 10.1. The average molecular weight is 252 g/mol.